The van der Waals surface area contributed by atoms with E-state index in [2.05, 4.69) is 10.1 Å². The minimum Gasteiger partial charge on any atom is -0.256 e. The van der Waals surface area contributed by atoms with Crippen molar-refractivity contribution in [2.45, 2.75) is 15.9 Å². The lowest BCUT2D eigenvalue weighted by molar-refractivity contribution is -0.141. The lowest BCUT2D eigenvalue weighted by Crippen LogP contribution is -2.38. The van der Waals surface area contributed by atoms with E-state index in [9.17, 15) is 21.6 Å². The van der Waals surface area contributed by atoms with E-state index in [0.717, 1.165) is 34.3 Å². The van der Waals surface area contributed by atoms with Gasteiger partial charge in [0.2, 0.25) is 0 Å². The SMILES string of the molecule is CS(=O)(=O)c1ccc(-c2ccnc3ccc(-c4cn(C(c5ccccc5)(c5ccccc5)c5ccccc5)nc4C(F)(F)F)cc23)s1. The molecular weight excluding hydrogens is 640 g/mol. The second kappa shape index (κ2) is 11.6. The molecule has 7 rings (SSSR count). The Morgan fingerprint density at radius 3 is 1.79 bits per heavy atom. The molecule has 0 aliphatic carbocycles. The molecule has 0 atom stereocenters. The van der Waals surface area contributed by atoms with Crippen LogP contribution in [0.15, 0.2) is 144 Å². The summed E-state index contributed by atoms with van der Waals surface area (Å²) in [7, 11) is -3.43. The fourth-order valence-corrected chi connectivity index (χ4v) is 8.06. The molecule has 10 heteroatoms. The van der Waals surface area contributed by atoms with Crippen molar-refractivity contribution in [1.82, 2.24) is 14.8 Å². The van der Waals surface area contributed by atoms with E-state index in [-0.39, 0.29) is 9.77 Å². The van der Waals surface area contributed by atoms with Gasteiger partial charge in [0.1, 0.15) is 9.75 Å². The molecule has 4 aromatic carbocycles. The molecule has 0 aliphatic heterocycles. The molecule has 3 heterocycles. The van der Waals surface area contributed by atoms with Crippen LogP contribution < -0.4 is 0 Å². The highest BCUT2D eigenvalue weighted by molar-refractivity contribution is 7.92. The Kier molecular flexibility index (Phi) is 7.57. The van der Waals surface area contributed by atoms with Gasteiger partial charge in [0.05, 0.1) is 5.52 Å². The van der Waals surface area contributed by atoms with Gasteiger partial charge in [0.25, 0.3) is 0 Å². The maximum atomic E-state index is 15.0. The van der Waals surface area contributed by atoms with Gasteiger partial charge in [0.15, 0.2) is 15.5 Å². The molecule has 3 aromatic heterocycles. The molecule has 0 fully saturated rings. The monoisotopic (exact) mass is 665 g/mol. The van der Waals surface area contributed by atoms with E-state index in [1.54, 1.807) is 36.5 Å². The summed E-state index contributed by atoms with van der Waals surface area (Å²) in [6.45, 7) is 0. The first-order valence-corrected chi connectivity index (χ1v) is 17.3. The van der Waals surface area contributed by atoms with E-state index in [4.69, 9.17) is 0 Å². The van der Waals surface area contributed by atoms with Crippen molar-refractivity contribution < 1.29 is 21.6 Å². The van der Waals surface area contributed by atoms with Crippen LogP contribution in [0.1, 0.15) is 22.4 Å². The molecule has 7 aromatic rings. The third kappa shape index (κ3) is 5.43. The zero-order valence-corrected chi connectivity index (χ0v) is 26.5. The lowest BCUT2D eigenvalue weighted by Gasteiger charge is -2.36. The molecule has 47 heavy (non-hydrogen) atoms. The predicted molar refractivity (Wildman–Crippen MR) is 179 cm³/mol. The number of thiophene rings is 1. The highest BCUT2D eigenvalue weighted by Crippen LogP contribution is 2.45. The van der Waals surface area contributed by atoms with E-state index in [0.29, 0.717) is 26.9 Å². The number of benzene rings is 4. The lowest BCUT2D eigenvalue weighted by atomic mass is 9.77. The number of alkyl halides is 3. The number of hydrogen-bond donors (Lipinski definition) is 0. The van der Waals surface area contributed by atoms with E-state index < -0.39 is 27.2 Å². The Hall–Kier alpha value is -5.06. The van der Waals surface area contributed by atoms with Crippen LogP contribution >= 0.6 is 11.3 Å². The van der Waals surface area contributed by atoms with Crippen molar-refractivity contribution in [3.63, 3.8) is 0 Å². The highest BCUT2D eigenvalue weighted by atomic mass is 32.2. The second-order valence-electron chi connectivity index (χ2n) is 11.1. The van der Waals surface area contributed by atoms with Crippen LogP contribution in [-0.2, 0) is 21.6 Å². The fraction of sp³-hybridized carbons (Fsp3) is 0.0811. The first kappa shape index (κ1) is 30.6. The summed E-state index contributed by atoms with van der Waals surface area (Å²) in [5.74, 6) is 0. The Bertz CT molecular complexity index is 2220. The summed E-state index contributed by atoms with van der Waals surface area (Å²) in [5, 5.41) is 4.95. The molecule has 0 aliphatic rings. The highest BCUT2D eigenvalue weighted by Gasteiger charge is 2.44. The van der Waals surface area contributed by atoms with E-state index in [1.807, 2.05) is 91.0 Å². The summed E-state index contributed by atoms with van der Waals surface area (Å²) < 4.78 is 70.9. The molecule has 0 radical (unpaired) electrons. The third-order valence-electron chi connectivity index (χ3n) is 8.17. The summed E-state index contributed by atoms with van der Waals surface area (Å²) >= 11 is 1.10. The van der Waals surface area contributed by atoms with Crippen molar-refractivity contribution in [2.24, 2.45) is 0 Å². The Balaban J connectivity index is 1.50. The Morgan fingerprint density at radius 1 is 0.702 bits per heavy atom. The van der Waals surface area contributed by atoms with Crippen molar-refractivity contribution in [3.8, 4) is 21.6 Å². The molecule has 0 saturated carbocycles. The Morgan fingerprint density at radius 2 is 1.28 bits per heavy atom. The van der Waals surface area contributed by atoms with Gasteiger partial charge in [-0.3, -0.25) is 9.67 Å². The summed E-state index contributed by atoms with van der Waals surface area (Å²) in [6, 6.07) is 38.1. The number of rotatable bonds is 7. The Labute approximate surface area is 273 Å². The molecule has 0 saturated heterocycles. The van der Waals surface area contributed by atoms with E-state index >= 15 is 0 Å². The number of sulfone groups is 1. The summed E-state index contributed by atoms with van der Waals surface area (Å²) in [4.78, 5) is 5.10. The average molecular weight is 666 g/mol. The average Bonchev–Trinajstić information content (AvgIpc) is 3.76. The minimum absolute atomic E-state index is 0.0932. The predicted octanol–water partition coefficient (Wildman–Crippen LogP) is 9.09. The van der Waals surface area contributed by atoms with Crippen LogP contribution in [0.4, 0.5) is 13.2 Å². The van der Waals surface area contributed by atoms with Gasteiger partial charge in [-0.2, -0.15) is 18.3 Å². The number of halogens is 3. The number of nitrogens with zero attached hydrogens (tertiary/aromatic N) is 3. The zero-order chi connectivity index (χ0) is 32.8. The van der Waals surface area contributed by atoms with Gasteiger partial charge in [0, 0.05) is 40.0 Å². The van der Waals surface area contributed by atoms with Gasteiger partial charge in [-0.25, -0.2) is 8.42 Å². The molecule has 0 bridgehead atoms. The van der Waals surface area contributed by atoms with Gasteiger partial charge >= 0.3 is 6.18 Å². The first-order chi connectivity index (χ1) is 22.6. The summed E-state index contributed by atoms with van der Waals surface area (Å²) in [6.07, 6.45) is -0.562. The normalized spacial score (nSPS) is 12.4. The largest absolute Gasteiger partial charge is 0.435 e. The quantitative estimate of drug-likeness (QED) is 0.159. The van der Waals surface area contributed by atoms with E-state index in [1.165, 1.54) is 16.9 Å². The molecule has 0 spiro atoms. The number of hydrogen-bond acceptors (Lipinski definition) is 5. The van der Waals surface area contributed by atoms with Gasteiger partial charge < -0.3 is 0 Å². The number of pyridine rings is 1. The molecule has 0 unspecified atom stereocenters. The van der Waals surface area contributed by atoms with Crippen LogP contribution in [0.25, 0.3) is 32.5 Å². The molecular formula is C37H26F3N3O2S2. The number of fused-ring (bicyclic) bond motifs is 1. The van der Waals surface area contributed by atoms with Crippen LogP contribution in [0.3, 0.4) is 0 Å². The van der Waals surface area contributed by atoms with Crippen molar-refractivity contribution in [1.29, 1.82) is 0 Å². The van der Waals surface area contributed by atoms with Gasteiger partial charge in [-0.15, -0.1) is 11.3 Å². The van der Waals surface area contributed by atoms with Crippen LogP contribution in [0.5, 0.6) is 0 Å². The van der Waals surface area contributed by atoms with Crippen molar-refractivity contribution >= 4 is 32.1 Å². The molecule has 0 N–H and O–H groups in total. The van der Waals surface area contributed by atoms with Crippen LogP contribution in [0, 0.1) is 0 Å². The topological polar surface area (TPSA) is 64.8 Å². The molecule has 0 amide bonds. The van der Waals surface area contributed by atoms with Crippen molar-refractivity contribution in [3.05, 3.63) is 162 Å². The maximum absolute atomic E-state index is 15.0. The second-order valence-corrected chi connectivity index (χ2v) is 14.4. The molecule has 234 valence electrons. The third-order valence-corrected chi connectivity index (χ3v) is 11.1. The first-order valence-electron chi connectivity index (χ1n) is 14.6. The molecule has 5 nitrogen and oxygen atoms in total. The zero-order valence-electron chi connectivity index (χ0n) is 24.9. The van der Waals surface area contributed by atoms with Gasteiger partial charge in [-0.05, 0) is 52.6 Å². The van der Waals surface area contributed by atoms with Gasteiger partial charge in [-0.1, -0.05) is 97.1 Å². The van der Waals surface area contributed by atoms with Crippen LogP contribution in [-0.4, -0.2) is 29.4 Å². The maximum Gasteiger partial charge on any atom is 0.435 e. The fourth-order valence-electron chi connectivity index (χ4n) is 6.09. The van der Waals surface area contributed by atoms with Crippen LogP contribution in [0.2, 0.25) is 0 Å². The minimum atomic E-state index is -4.78. The van der Waals surface area contributed by atoms with Crippen molar-refractivity contribution in [2.75, 3.05) is 6.26 Å². The smallest absolute Gasteiger partial charge is 0.256 e. The standard InChI is InChI=1S/C37H26F3N3O2S2/c1-47(44,45)34-20-19-33(46-34)29-21-22-41-32-18-17-25(23-30(29)32)31-24-43(42-35(31)37(38,39)40)36(26-11-5-2-6-12-26,27-13-7-3-8-14-27)28-15-9-4-10-16-28/h2-24H,1H3. The summed E-state index contributed by atoms with van der Waals surface area (Å²) in [5.41, 5.74) is 1.39. The number of aromatic nitrogens is 3.